The van der Waals surface area contributed by atoms with Crippen molar-refractivity contribution in [1.82, 2.24) is 0 Å². The number of hydrogen-bond acceptors (Lipinski definition) is 0. The summed E-state index contributed by atoms with van der Waals surface area (Å²) in [5.74, 6) is 0. The van der Waals surface area contributed by atoms with Crippen molar-refractivity contribution in [3.05, 3.63) is 0 Å². The third-order valence-corrected chi connectivity index (χ3v) is 0. The molecular formula is H6BiIP2. The van der Waals surface area contributed by atoms with Gasteiger partial charge in [0.05, 0.1) is 0 Å². The average molecular weight is 404 g/mol. The number of hydrogen-bond donors (Lipinski definition) is 0. The second kappa shape index (κ2) is 17.9. The van der Waals surface area contributed by atoms with Crippen molar-refractivity contribution < 1.29 is 0 Å². The van der Waals surface area contributed by atoms with E-state index in [1.165, 1.54) is 20.5 Å². The minimum atomic E-state index is 0. The molecule has 0 aromatic rings. The van der Waals surface area contributed by atoms with Gasteiger partial charge in [-0.3, -0.25) is 0 Å². The molecule has 0 aromatic carbocycles. The van der Waals surface area contributed by atoms with E-state index in [1.807, 2.05) is 0 Å². The molecule has 0 N–H and O–H groups in total. The topological polar surface area (TPSA) is 0 Å². The quantitative estimate of drug-likeness (QED) is 0.316. The normalized spacial score (nSPS) is 1.50. The van der Waals surface area contributed by atoms with Crippen molar-refractivity contribution in [3.63, 3.8) is 0 Å². The molecule has 0 aliphatic carbocycles. The molecule has 0 fully saturated rings. The molecule has 2 atom stereocenters. The van der Waals surface area contributed by atoms with Gasteiger partial charge in [-0.05, 0) is 0 Å². The summed E-state index contributed by atoms with van der Waals surface area (Å²) in [5.41, 5.74) is 0. The Labute approximate surface area is 57.7 Å². The third kappa shape index (κ3) is 8.82. The molecule has 0 spiro atoms. The summed E-state index contributed by atoms with van der Waals surface area (Å²) >= 11 is 3.68. The first-order valence-electron chi connectivity index (χ1n) is 0.169. The van der Waals surface area contributed by atoms with Crippen LogP contribution in [0, 0.1) is 0 Å². The van der Waals surface area contributed by atoms with E-state index in [4.69, 9.17) is 0 Å². The van der Waals surface area contributed by atoms with Gasteiger partial charge in [0.25, 0.3) is 0 Å². The molecule has 0 aliphatic rings. The van der Waals surface area contributed by atoms with Crippen molar-refractivity contribution in [2.75, 3.05) is 0 Å². The van der Waals surface area contributed by atoms with E-state index in [1.54, 1.807) is 0 Å². The second-order valence-electron chi connectivity index (χ2n) is 0. The molecule has 0 rings (SSSR count). The molecule has 2 unspecified atom stereocenters. The second-order valence-corrected chi connectivity index (χ2v) is 0. The fraction of sp³-hybridized carbons (Fsp3) is 0. The van der Waals surface area contributed by atoms with Crippen LogP contribution in [0.15, 0.2) is 0 Å². The van der Waals surface area contributed by atoms with E-state index in [0.29, 0.717) is 0 Å². The molecule has 0 aromatic heterocycles. The molecule has 0 nitrogen and oxygen atoms in total. The van der Waals surface area contributed by atoms with Gasteiger partial charge in [-0.25, -0.2) is 0 Å². The summed E-state index contributed by atoms with van der Waals surface area (Å²) in [4.78, 5) is 0. The van der Waals surface area contributed by atoms with Gasteiger partial charge in [0.1, 0.15) is 0 Å². The van der Waals surface area contributed by atoms with Gasteiger partial charge >= 0.3 is 38.6 Å². The van der Waals surface area contributed by atoms with Crippen LogP contribution in [0.25, 0.3) is 0 Å². The molecule has 0 aliphatic heterocycles. The van der Waals surface area contributed by atoms with Crippen LogP contribution in [0.1, 0.15) is 0 Å². The summed E-state index contributed by atoms with van der Waals surface area (Å²) in [6, 6.07) is 0. The molecule has 0 bridgehead atoms. The SMILES string of the molecule is P.P.[I][Bi]. The first kappa shape index (κ1) is 16.1. The summed E-state index contributed by atoms with van der Waals surface area (Å²) in [7, 11) is 0. The van der Waals surface area contributed by atoms with E-state index < -0.39 is 0 Å². The predicted octanol–water partition coefficient (Wildman–Crippen LogP) is 0.621. The van der Waals surface area contributed by atoms with Gasteiger partial charge in [0.2, 0.25) is 0 Å². The zero-order valence-corrected chi connectivity index (χ0v) is 10.7. The van der Waals surface area contributed by atoms with Crippen LogP contribution < -0.4 is 0 Å². The summed E-state index contributed by atoms with van der Waals surface area (Å²) in [6.45, 7) is 0. The fourth-order valence-corrected chi connectivity index (χ4v) is 0. The van der Waals surface area contributed by atoms with Crippen LogP contribution in [-0.4, -0.2) is 20.5 Å². The zero-order chi connectivity index (χ0) is 2.00. The van der Waals surface area contributed by atoms with Crippen LogP contribution in [0.5, 0.6) is 0 Å². The Kier molecular flexibility index (Phi) is 72.0. The van der Waals surface area contributed by atoms with E-state index in [2.05, 4.69) is 18.0 Å². The maximum atomic E-state index is 2.26. The molecule has 4 heteroatoms. The molecule has 0 saturated carbocycles. The van der Waals surface area contributed by atoms with Crippen LogP contribution in [0.2, 0.25) is 0 Å². The fourth-order valence-electron chi connectivity index (χ4n) is 0. The van der Waals surface area contributed by atoms with Crippen LogP contribution in [0.4, 0.5) is 0 Å². The Morgan fingerprint density at radius 2 is 1.00 bits per heavy atom. The minimum absolute atomic E-state index is 0. The summed E-state index contributed by atoms with van der Waals surface area (Å²) in [6.07, 6.45) is 0. The monoisotopic (exact) mass is 404 g/mol. The Balaban J connectivity index is -0.00000000500. The van der Waals surface area contributed by atoms with Gasteiger partial charge in [0, 0.05) is 0 Å². The average Bonchev–Trinajstić information content (AvgIpc) is 1.00. The van der Waals surface area contributed by atoms with Crippen LogP contribution in [0.3, 0.4) is 0 Å². The van der Waals surface area contributed by atoms with Gasteiger partial charge in [-0.15, -0.1) is 0 Å². The standard InChI is InChI=1S/Bi.HI.2H3P/h;1H;2*1H3/q+1;;;/p-1. The Morgan fingerprint density at radius 3 is 1.00 bits per heavy atom. The van der Waals surface area contributed by atoms with E-state index in [0.717, 1.165) is 0 Å². The summed E-state index contributed by atoms with van der Waals surface area (Å²) < 4.78 is 0. The third-order valence-electron chi connectivity index (χ3n) is 0. The predicted molar refractivity (Wildman–Crippen MR) is 42.0 cm³/mol. The maximum absolute atomic E-state index is 2.26. The van der Waals surface area contributed by atoms with Crippen molar-refractivity contribution in [2.45, 2.75) is 0 Å². The Morgan fingerprint density at radius 1 is 1.00 bits per heavy atom. The van der Waals surface area contributed by atoms with Crippen molar-refractivity contribution >= 4 is 58.4 Å². The van der Waals surface area contributed by atoms with Gasteiger partial charge < -0.3 is 0 Å². The van der Waals surface area contributed by atoms with Crippen molar-refractivity contribution in [3.8, 4) is 0 Å². The van der Waals surface area contributed by atoms with Gasteiger partial charge in [0.15, 0.2) is 0 Å². The van der Waals surface area contributed by atoms with Gasteiger partial charge in [-0.2, -0.15) is 19.8 Å². The first-order chi connectivity index (χ1) is 1.00. The first-order valence-corrected chi connectivity index (χ1v) is 9.95. The Bertz CT molecular complexity index is 6.00. The molecule has 28 valence electrons. The number of rotatable bonds is 0. The Hall–Kier alpha value is 2.47. The molecular weight excluding hydrogens is 398 g/mol. The molecule has 2 radical (unpaired) electrons. The molecule has 0 amide bonds. The van der Waals surface area contributed by atoms with Crippen LogP contribution >= 0.6 is 37.8 Å². The molecule has 0 saturated heterocycles. The molecule has 4 heavy (non-hydrogen) atoms. The van der Waals surface area contributed by atoms with Crippen molar-refractivity contribution in [2.24, 2.45) is 0 Å². The molecule has 0 heterocycles. The van der Waals surface area contributed by atoms with E-state index >= 15 is 0 Å². The summed E-state index contributed by atoms with van der Waals surface area (Å²) in [5, 5.41) is 0. The van der Waals surface area contributed by atoms with E-state index in [-0.39, 0.29) is 19.8 Å². The zero-order valence-electron chi connectivity index (χ0n) is 2.24. The van der Waals surface area contributed by atoms with E-state index in [9.17, 15) is 0 Å². The number of halogens is 1. The van der Waals surface area contributed by atoms with Crippen LogP contribution in [-0.2, 0) is 0 Å². The van der Waals surface area contributed by atoms with Gasteiger partial charge in [-0.1, -0.05) is 0 Å². The van der Waals surface area contributed by atoms with Crippen molar-refractivity contribution in [1.29, 1.82) is 0 Å².